The van der Waals surface area contributed by atoms with Gasteiger partial charge in [0.25, 0.3) is 5.91 Å². The Morgan fingerprint density at radius 3 is 2.58 bits per heavy atom. The molecule has 0 radical (unpaired) electrons. The standard InChI is InChI=1S/C15H24N4O4S/c1-17(2)15(21)12-6-5-7-16-14(12)19-8-11(13(20)9-19)10-24(22,23)18(3)4/h5-7,11,13,20H,8-10H2,1-4H3/t11-,13+/m0/s1. The number of carbonyl (C=O) groups excluding carboxylic acids is 1. The maximum atomic E-state index is 12.3. The summed E-state index contributed by atoms with van der Waals surface area (Å²) < 4.78 is 25.3. The van der Waals surface area contributed by atoms with E-state index in [-0.39, 0.29) is 18.2 Å². The van der Waals surface area contributed by atoms with Crippen LogP contribution in [0, 0.1) is 5.92 Å². The summed E-state index contributed by atoms with van der Waals surface area (Å²) in [7, 11) is 2.85. The number of hydrogen-bond donors (Lipinski definition) is 1. The normalized spacial score (nSPS) is 21.3. The fourth-order valence-corrected chi connectivity index (χ4v) is 3.83. The van der Waals surface area contributed by atoms with Crippen LogP contribution in [0.2, 0.25) is 0 Å². The molecule has 1 aliphatic heterocycles. The van der Waals surface area contributed by atoms with Crippen molar-refractivity contribution in [3.05, 3.63) is 23.9 Å². The maximum Gasteiger partial charge on any atom is 0.257 e. The number of aliphatic hydroxyl groups is 1. The minimum atomic E-state index is -3.41. The van der Waals surface area contributed by atoms with Gasteiger partial charge >= 0.3 is 0 Å². The Kier molecular flexibility index (Phi) is 5.46. The highest BCUT2D eigenvalue weighted by Crippen LogP contribution is 2.27. The van der Waals surface area contributed by atoms with Gasteiger partial charge < -0.3 is 14.9 Å². The molecule has 0 bridgehead atoms. The molecule has 1 saturated heterocycles. The Hall–Kier alpha value is -1.71. The largest absolute Gasteiger partial charge is 0.391 e. The highest BCUT2D eigenvalue weighted by atomic mass is 32.2. The smallest absolute Gasteiger partial charge is 0.257 e. The highest BCUT2D eigenvalue weighted by molar-refractivity contribution is 7.89. The number of aliphatic hydroxyl groups excluding tert-OH is 1. The first-order chi connectivity index (χ1) is 11.1. The zero-order valence-electron chi connectivity index (χ0n) is 14.4. The van der Waals surface area contributed by atoms with Gasteiger partial charge in [-0.3, -0.25) is 4.79 Å². The van der Waals surface area contributed by atoms with Gasteiger partial charge in [-0.25, -0.2) is 17.7 Å². The summed E-state index contributed by atoms with van der Waals surface area (Å²) in [4.78, 5) is 19.8. The number of carbonyl (C=O) groups is 1. The maximum absolute atomic E-state index is 12.3. The van der Waals surface area contributed by atoms with E-state index in [9.17, 15) is 18.3 Å². The van der Waals surface area contributed by atoms with E-state index >= 15 is 0 Å². The van der Waals surface area contributed by atoms with Gasteiger partial charge in [0.15, 0.2) is 0 Å². The molecule has 0 saturated carbocycles. The number of amides is 1. The Balaban J connectivity index is 2.23. The Bertz CT molecular complexity index is 705. The molecule has 2 heterocycles. The minimum absolute atomic E-state index is 0.137. The lowest BCUT2D eigenvalue weighted by atomic mass is 10.1. The second kappa shape index (κ2) is 7.04. The minimum Gasteiger partial charge on any atom is -0.391 e. The lowest BCUT2D eigenvalue weighted by Gasteiger charge is -2.21. The number of aromatic nitrogens is 1. The van der Waals surface area contributed by atoms with Gasteiger partial charge in [0.1, 0.15) is 5.82 Å². The Labute approximate surface area is 142 Å². The summed E-state index contributed by atoms with van der Waals surface area (Å²) in [5.74, 6) is -0.278. The van der Waals surface area contributed by atoms with Crippen LogP contribution in [-0.2, 0) is 10.0 Å². The molecule has 2 atom stereocenters. The SMILES string of the molecule is CN(C)C(=O)c1cccnc1N1C[C@@H](CS(=O)(=O)N(C)C)[C@H](O)C1. The van der Waals surface area contributed by atoms with Gasteiger partial charge in [-0.1, -0.05) is 0 Å². The fourth-order valence-electron chi connectivity index (χ4n) is 2.67. The Morgan fingerprint density at radius 1 is 1.33 bits per heavy atom. The van der Waals surface area contributed by atoms with Gasteiger partial charge in [-0.15, -0.1) is 0 Å². The third-order valence-corrected chi connectivity index (χ3v) is 6.07. The molecule has 1 aromatic rings. The van der Waals surface area contributed by atoms with Crippen molar-refractivity contribution in [2.45, 2.75) is 6.10 Å². The van der Waals surface area contributed by atoms with Crippen LogP contribution in [0.5, 0.6) is 0 Å². The van der Waals surface area contributed by atoms with E-state index in [0.717, 1.165) is 4.31 Å². The molecule has 0 aliphatic carbocycles. The summed E-state index contributed by atoms with van der Waals surface area (Å²) in [6.45, 7) is 0.581. The molecule has 8 nitrogen and oxygen atoms in total. The molecule has 2 rings (SSSR count). The lowest BCUT2D eigenvalue weighted by Crippen LogP contribution is -2.33. The molecule has 0 aromatic carbocycles. The second-order valence-electron chi connectivity index (χ2n) is 6.37. The zero-order valence-corrected chi connectivity index (χ0v) is 15.2. The van der Waals surface area contributed by atoms with Crippen LogP contribution >= 0.6 is 0 Å². The first-order valence-corrected chi connectivity index (χ1v) is 9.24. The topological polar surface area (TPSA) is 94.1 Å². The van der Waals surface area contributed by atoms with E-state index in [1.165, 1.54) is 19.0 Å². The molecule has 1 N–H and O–H groups in total. The van der Waals surface area contributed by atoms with Crippen LogP contribution in [0.4, 0.5) is 5.82 Å². The van der Waals surface area contributed by atoms with Crippen LogP contribution in [-0.4, -0.2) is 86.8 Å². The van der Waals surface area contributed by atoms with Gasteiger partial charge in [-0.2, -0.15) is 0 Å². The average Bonchev–Trinajstić information content (AvgIpc) is 2.86. The molecule has 0 unspecified atom stereocenters. The number of β-amino-alcohol motifs (C(OH)–C–C–N with tert-alkyl or cyclic N) is 1. The molecule has 9 heteroatoms. The van der Waals surface area contributed by atoms with Gasteiger partial charge in [0.2, 0.25) is 10.0 Å². The number of anilines is 1. The predicted octanol–water partition coefficient (Wildman–Crippen LogP) is -0.528. The van der Waals surface area contributed by atoms with E-state index in [4.69, 9.17) is 0 Å². The van der Waals surface area contributed by atoms with Crippen molar-refractivity contribution in [3.63, 3.8) is 0 Å². The number of hydrogen-bond acceptors (Lipinski definition) is 6. The second-order valence-corrected chi connectivity index (χ2v) is 8.59. The van der Waals surface area contributed by atoms with Crippen molar-refractivity contribution in [2.24, 2.45) is 5.92 Å². The predicted molar refractivity (Wildman–Crippen MR) is 91.4 cm³/mol. The van der Waals surface area contributed by atoms with Crippen molar-refractivity contribution >= 4 is 21.7 Å². The molecule has 1 amide bonds. The van der Waals surface area contributed by atoms with Crippen LogP contribution in [0.15, 0.2) is 18.3 Å². The van der Waals surface area contributed by atoms with Crippen molar-refractivity contribution in [1.29, 1.82) is 0 Å². The molecule has 24 heavy (non-hydrogen) atoms. The van der Waals surface area contributed by atoms with E-state index in [2.05, 4.69) is 4.98 Å². The number of nitrogens with zero attached hydrogens (tertiary/aromatic N) is 4. The summed E-state index contributed by atoms with van der Waals surface area (Å²) >= 11 is 0. The van der Waals surface area contributed by atoms with Crippen LogP contribution < -0.4 is 4.90 Å². The van der Waals surface area contributed by atoms with Crippen LogP contribution in [0.3, 0.4) is 0 Å². The van der Waals surface area contributed by atoms with Gasteiger partial charge in [-0.05, 0) is 12.1 Å². The fraction of sp³-hybridized carbons (Fsp3) is 0.600. The summed E-state index contributed by atoms with van der Waals surface area (Å²) in [6.07, 6.45) is 0.793. The third kappa shape index (κ3) is 3.85. The highest BCUT2D eigenvalue weighted by Gasteiger charge is 2.37. The molecule has 1 fully saturated rings. The summed E-state index contributed by atoms with van der Waals surface area (Å²) in [5, 5.41) is 10.3. The number of sulfonamides is 1. The first-order valence-electron chi connectivity index (χ1n) is 7.63. The summed E-state index contributed by atoms with van der Waals surface area (Å²) in [5.41, 5.74) is 0.436. The van der Waals surface area contributed by atoms with E-state index in [1.54, 1.807) is 37.3 Å². The van der Waals surface area contributed by atoms with Gasteiger partial charge in [0.05, 0.1) is 17.4 Å². The van der Waals surface area contributed by atoms with Crippen molar-refractivity contribution < 1.29 is 18.3 Å². The number of rotatable bonds is 5. The van der Waals surface area contributed by atoms with E-state index in [1.807, 2.05) is 0 Å². The molecular weight excluding hydrogens is 332 g/mol. The first kappa shape index (κ1) is 18.6. The third-order valence-electron chi connectivity index (χ3n) is 4.11. The average molecular weight is 356 g/mol. The molecule has 0 spiro atoms. The lowest BCUT2D eigenvalue weighted by molar-refractivity contribution is 0.0827. The zero-order chi connectivity index (χ0) is 18.1. The monoisotopic (exact) mass is 356 g/mol. The molecule has 134 valence electrons. The number of pyridine rings is 1. The van der Waals surface area contributed by atoms with Gasteiger partial charge in [0, 0.05) is 53.4 Å². The van der Waals surface area contributed by atoms with E-state index < -0.39 is 22.0 Å². The molecular formula is C15H24N4O4S. The quantitative estimate of drug-likeness (QED) is 0.762. The van der Waals surface area contributed by atoms with Crippen molar-refractivity contribution in [3.8, 4) is 0 Å². The van der Waals surface area contributed by atoms with Crippen LogP contribution in [0.1, 0.15) is 10.4 Å². The Morgan fingerprint density at radius 2 is 2.00 bits per heavy atom. The van der Waals surface area contributed by atoms with Crippen molar-refractivity contribution in [1.82, 2.24) is 14.2 Å². The molecule has 1 aromatic heterocycles. The van der Waals surface area contributed by atoms with Crippen molar-refractivity contribution in [2.75, 3.05) is 51.9 Å². The van der Waals surface area contributed by atoms with Crippen LogP contribution in [0.25, 0.3) is 0 Å². The summed E-state index contributed by atoms with van der Waals surface area (Å²) in [6, 6.07) is 3.36. The van der Waals surface area contributed by atoms with E-state index in [0.29, 0.717) is 17.9 Å². The molecule has 1 aliphatic rings.